The second-order valence-electron chi connectivity index (χ2n) is 6.14. The lowest BCUT2D eigenvalue weighted by atomic mass is 9.86. The molecule has 0 aliphatic heterocycles. The number of hydrogen-bond donors (Lipinski definition) is 1. The van der Waals surface area contributed by atoms with Crippen LogP contribution in [0.2, 0.25) is 0 Å². The van der Waals surface area contributed by atoms with Crippen LogP contribution >= 0.6 is 0 Å². The minimum absolute atomic E-state index is 0.105. The Balaban J connectivity index is 2.49. The molecule has 0 aliphatic rings. The molecule has 0 aliphatic carbocycles. The fourth-order valence-electron chi connectivity index (χ4n) is 2.38. The summed E-state index contributed by atoms with van der Waals surface area (Å²) in [5, 5.41) is 10.0. The summed E-state index contributed by atoms with van der Waals surface area (Å²) < 4.78 is 2.07. The summed E-state index contributed by atoms with van der Waals surface area (Å²) in [6.45, 7) is 6.57. The second kappa shape index (κ2) is 4.72. The molecule has 0 spiro atoms. The molecule has 0 fully saturated rings. The number of carbonyl (C=O) groups is 1. The zero-order valence-corrected chi connectivity index (χ0v) is 12.0. The maximum absolute atomic E-state index is 10.7. The maximum atomic E-state index is 10.7. The van der Waals surface area contributed by atoms with Crippen LogP contribution in [0.15, 0.2) is 24.4 Å². The SMILES string of the molecule is Cn1cc(CCC(=O)O)c2cc(C(C)(C)C)ccc21. The van der Waals surface area contributed by atoms with E-state index in [9.17, 15) is 4.79 Å². The Hall–Kier alpha value is -1.77. The van der Waals surface area contributed by atoms with Crippen molar-refractivity contribution in [2.45, 2.75) is 39.0 Å². The molecule has 1 aromatic heterocycles. The Morgan fingerprint density at radius 3 is 2.58 bits per heavy atom. The Labute approximate surface area is 113 Å². The molecule has 0 bridgehead atoms. The fourth-order valence-corrected chi connectivity index (χ4v) is 2.38. The molecule has 102 valence electrons. The summed E-state index contributed by atoms with van der Waals surface area (Å²) in [7, 11) is 2.00. The van der Waals surface area contributed by atoms with Gasteiger partial charge in [-0.15, -0.1) is 0 Å². The van der Waals surface area contributed by atoms with Crippen LogP contribution in [0.4, 0.5) is 0 Å². The van der Waals surface area contributed by atoms with Crippen LogP contribution < -0.4 is 0 Å². The van der Waals surface area contributed by atoms with Gasteiger partial charge in [-0.05, 0) is 35.1 Å². The smallest absolute Gasteiger partial charge is 0.303 e. The first-order valence-corrected chi connectivity index (χ1v) is 6.59. The van der Waals surface area contributed by atoms with Gasteiger partial charge < -0.3 is 9.67 Å². The van der Waals surface area contributed by atoms with E-state index >= 15 is 0 Å². The van der Waals surface area contributed by atoms with E-state index in [1.54, 1.807) is 0 Å². The summed E-state index contributed by atoms with van der Waals surface area (Å²) in [6.07, 6.45) is 2.80. The van der Waals surface area contributed by atoms with Gasteiger partial charge in [0.2, 0.25) is 0 Å². The number of aryl methyl sites for hydroxylation is 2. The van der Waals surface area contributed by atoms with Crippen LogP contribution in [0.3, 0.4) is 0 Å². The van der Waals surface area contributed by atoms with Crippen molar-refractivity contribution in [3.05, 3.63) is 35.5 Å². The molecule has 3 heteroatoms. The monoisotopic (exact) mass is 259 g/mol. The Morgan fingerprint density at radius 1 is 1.32 bits per heavy atom. The van der Waals surface area contributed by atoms with Gasteiger partial charge in [0.1, 0.15) is 0 Å². The predicted octanol–water partition coefficient (Wildman–Crippen LogP) is 3.49. The van der Waals surface area contributed by atoms with Crippen LogP contribution in [0, 0.1) is 0 Å². The highest BCUT2D eigenvalue weighted by Gasteiger charge is 2.16. The summed E-state index contributed by atoms with van der Waals surface area (Å²) in [4.78, 5) is 10.7. The number of rotatable bonds is 3. The van der Waals surface area contributed by atoms with Gasteiger partial charge in [-0.1, -0.05) is 26.8 Å². The quantitative estimate of drug-likeness (QED) is 0.916. The van der Waals surface area contributed by atoms with Gasteiger partial charge in [-0.25, -0.2) is 0 Å². The fraction of sp³-hybridized carbons (Fsp3) is 0.438. The van der Waals surface area contributed by atoms with E-state index < -0.39 is 5.97 Å². The Bertz CT molecular complexity index is 617. The van der Waals surface area contributed by atoms with Crippen LogP contribution in [0.5, 0.6) is 0 Å². The third-order valence-corrected chi connectivity index (χ3v) is 3.55. The van der Waals surface area contributed by atoms with E-state index in [0.717, 1.165) is 11.1 Å². The third-order valence-electron chi connectivity index (χ3n) is 3.55. The van der Waals surface area contributed by atoms with E-state index in [-0.39, 0.29) is 11.8 Å². The molecule has 2 rings (SSSR count). The summed E-state index contributed by atoms with van der Waals surface area (Å²) >= 11 is 0. The third kappa shape index (κ3) is 2.80. The van der Waals surface area contributed by atoms with Gasteiger partial charge in [0, 0.05) is 30.6 Å². The predicted molar refractivity (Wildman–Crippen MR) is 77.6 cm³/mol. The Morgan fingerprint density at radius 2 is 2.00 bits per heavy atom. The van der Waals surface area contributed by atoms with Gasteiger partial charge in [0.05, 0.1) is 0 Å². The van der Waals surface area contributed by atoms with E-state index in [2.05, 4.69) is 43.5 Å². The molecular weight excluding hydrogens is 238 g/mol. The van der Waals surface area contributed by atoms with Gasteiger partial charge in [0.25, 0.3) is 0 Å². The zero-order valence-electron chi connectivity index (χ0n) is 12.0. The number of benzene rings is 1. The molecule has 0 unspecified atom stereocenters. The maximum Gasteiger partial charge on any atom is 0.303 e. The standard InChI is InChI=1S/C16H21NO2/c1-16(2,3)12-6-7-14-13(9-12)11(10-17(14)4)5-8-15(18)19/h6-7,9-10H,5,8H2,1-4H3,(H,18,19). The van der Waals surface area contributed by atoms with Crippen molar-refractivity contribution in [3.63, 3.8) is 0 Å². The molecule has 0 saturated heterocycles. The van der Waals surface area contributed by atoms with Crippen molar-refractivity contribution in [2.24, 2.45) is 7.05 Å². The molecular formula is C16H21NO2. The molecule has 0 amide bonds. The molecule has 0 radical (unpaired) electrons. The summed E-state index contributed by atoms with van der Waals surface area (Å²) in [5.41, 5.74) is 3.66. The molecule has 0 atom stereocenters. The average molecular weight is 259 g/mol. The average Bonchev–Trinajstić information content (AvgIpc) is 2.62. The number of carboxylic acid groups (broad SMARTS) is 1. The number of fused-ring (bicyclic) bond motifs is 1. The molecule has 1 heterocycles. The minimum atomic E-state index is -0.746. The largest absolute Gasteiger partial charge is 0.481 e. The lowest BCUT2D eigenvalue weighted by Gasteiger charge is -2.19. The van der Waals surface area contributed by atoms with Crippen LogP contribution in [-0.2, 0) is 23.7 Å². The topological polar surface area (TPSA) is 42.2 Å². The van der Waals surface area contributed by atoms with Crippen molar-refractivity contribution < 1.29 is 9.90 Å². The first-order valence-electron chi connectivity index (χ1n) is 6.59. The van der Waals surface area contributed by atoms with Crippen LogP contribution in [0.25, 0.3) is 10.9 Å². The number of aromatic nitrogens is 1. The molecule has 3 nitrogen and oxygen atoms in total. The van der Waals surface area contributed by atoms with E-state index in [1.807, 2.05) is 13.2 Å². The summed E-state index contributed by atoms with van der Waals surface area (Å²) in [6, 6.07) is 6.48. The molecule has 19 heavy (non-hydrogen) atoms. The zero-order chi connectivity index (χ0) is 14.2. The molecule has 1 N–H and O–H groups in total. The number of carboxylic acids is 1. The first-order chi connectivity index (χ1) is 8.79. The van der Waals surface area contributed by atoms with Crippen LogP contribution in [-0.4, -0.2) is 15.6 Å². The molecule has 0 saturated carbocycles. The number of nitrogens with zero attached hydrogens (tertiary/aromatic N) is 1. The highest BCUT2D eigenvalue weighted by molar-refractivity contribution is 5.85. The van der Waals surface area contributed by atoms with Crippen molar-refractivity contribution in [1.29, 1.82) is 0 Å². The van der Waals surface area contributed by atoms with Crippen LogP contribution in [0.1, 0.15) is 38.3 Å². The minimum Gasteiger partial charge on any atom is -0.481 e. The normalized spacial score (nSPS) is 12.0. The highest BCUT2D eigenvalue weighted by atomic mass is 16.4. The van der Waals surface area contributed by atoms with Crippen molar-refractivity contribution in [2.75, 3.05) is 0 Å². The lowest BCUT2D eigenvalue weighted by Crippen LogP contribution is -2.10. The molecule has 2 aromatic rings. The van der Waals surface area contributed by atoms with Crippen molar-refractivity contribution >= 4 is 16.9 Å². The first kappa shape index (κ1) is 13.7. The van der Waals surface area contributed by atoms with E-state index in [0.29, 0.717) is 6.42 Å². The van der Waals surface area contributed by atoms with Crippen molar-refractivity contribution in [3.8, 4) is 0 Å². The van der Waals surface area contributed by atoms with Gasteiger partial charge in [-0.2, -0.15) is 0 Å². The highest BCUT2D eigenvalue weighted by Crippen LogP contribution is 2.29. The Kier molecular flexibility index (Phi) is 3.40. The number of hydrogen-bond acceptors (Lipinski definition) is 1. The van der Waals surface area contributed by atoms with Crippen molar-refractivity contribution in [1.82, 2.24) is 4.57 Å². The van der Waals surface area contributed by atoms with E-state index in [4.69, 9.17) is 5.11 Å². The summed E-state index contributed by atoms with van der Waals surface area (Å²) in [5.74, 6) is -0.746. The second-order valence-corrected chi connectivity index (χ2v) is 6.14. The molecule has 1 aromatic carbocycles. The van der Waals surface area contributed by atoms with Gasteiger partial charge in [0.15, 0.2) is 0 Å². The van der Waals surface area contributed by atoms with Gasteiger partial charge in [-0.3, -0.25) is 4.79 Å². The van der Waals surface area contributed by atoms with E-state index in [1.165, 1.54) is 10.9 Å². The number of aliphatic carboxylic acids is 1. The van der Waals surface area contributed by atoms with Gasteiger partial charge >= 0.3 is 5.97 Å². The lowest BCUT2D eigenvalue weighted by molar-refractivity contribution is -0.136.